The summed E-state index contributed by atoms with van der Waals surface area (Å²) < 4.78 is 7.14. The quantitative estimate of drug-likeness (QED) is 0.671. The van der Waals surface area contributed by atoms with E-state index in [0.29, 0.717) is 18.1 Å². The van der Waals surface area contributed by atoms with Crippen molar-refractivity contribution < 1.29 is 14.3 Å². The molecule has 1 atom stereocenters. The Balaban J connectivity index is 1.94. The Labute approximate surface area is 122 Å². The van der Waals surface area contributed by atoms with Gasteiger partial charge < -0.3 is 15.0 Å². The van der Waals surface area contributed by atoms with Gasteiger partial charge in [-0.05, 0) is 24.8 Å². The minimum absolute atomic E-state index is 0.382. The first kappa shape index (κ1) is 13.7. The Kier molecular flexibility index (Phi) is 3.41. The van der Waals surface area contributed by atoms with Gasteiger partial charge >= 0.3 is 5.97 Å². The summed E-state index contributed by atoms with van der Waals surface area (Å²) in [7, 11) is 1.87. The maximum atomic E-state index is 12.2. The minimum Gasteiger partial charge on any atom is -0.465 e. The monoisotopic (exact) mass is 286 g/mol. The largest absolute Gasteiger partial charge is 0.465 e. The van der Waals surface area contributed by atoms with Gasteiger partial charge in [0.2, 0.25) is 5.91 Å². The fourth-order valence-electron chi connectivity index (χ4n) is 2.57. The molecule has 21 heavy (non-hydrogen) atoms. The average Bonchev–Trinajstić information content (AvgIpc) is 3.23. The molecule has 110 valence electrons. The van der Waals surface area contributed by atoms with Crippen LogP contribution in [0.2, 0.25) is 0 Å². The van der Waals surface area contributed by atoms with Gasteiger partial charge in [0.1, 0.15) is 0 Å². The van der Waals surface area contributed by atoms with Crippen LogP contribution in [0, 0.1) is 5.92 Å². The zero-order valence-corrected chi connectivity index (χ0v) is 11.9. The van der Waals surface area contributed by atoms with Crippen molar-refractivity contribution in [3.05, 3.63) is 36.0 Å². The summed E-state index contributed by atoms with van der Waals surface area (Å²) >= 11 is 0. The molecule has 5 heteroatoms. The van der Waals surface area contributed by atoms with E-state index >= 15 is 0 Å². The molecule has 2 N–H and O–H groups in total. The summed E-state index contributed by atoms with van der Waals surface area (Å²) in [5, 5.41) is 0.854. The van der Waals surface area contributed by atoms with Crippen molar-refractivity contribution in [2.45, 2.75) is 18.8 Å². The van der Waals surface area contributed by atoms with E-state index < -0.39 is 17.8 Å². The topological polar surface area (TPSA) is 74.3 Å². The number of primary amides is 1. The number of nitrogens with zero attached hydrogens (tertiary/aromatic N) is 1. The summed E-state index contributed by atoms with van der Waals surface area (Å²) in [5.74, 6) is -1.82. The lowest BCUT2D eigenvalue weighted by molar-refractivity contribution is -0.148. The van der Waals surface area contributed by atoms with Gasteiger partial charge in [-0.1, -0.05) is 18.2 Å². The van der Waals surface area contributed by atoms with Gasteiger partial charge in [-0.15, -0.1) is 0 Å². The predicted octanol–water partition coefficient (Wildman–Crippen LogP) is 1.70. The summed E-state index contributed by atoms with van der Waals surface area (Å²) in [6.07, 6.45) is 3.95. The molecule has 1 aromatic carbocycles. The van der Waals surface area contributed by atoms with Gasteiger partial charge in [-0.3, -0.25) is 9.59 Å². The predicted molar refractivity (Wildman–Crippen MR) is 78.5 cm³/mol. The smallest absolute Gasteiger partial charge is 0.323 e. The average molecular weight is 286 g/mol. The molecule has 1 aromatic heterocycles. The van der Waals surface area contributed by atoms with E-state index in [1.165, 1.54) is 0 Å². The molecule has 0 saturated heterocycles. The van der Waals surface area contributed by atoms with Crippen molar-refractivity contribution in [3.63, 3.8) is 0 Å². The van der Waals surface area contributed by atoms with Crippen LogP contribution in [0.3, 0.4) is 0 Å². The van der Waals surface area contributed by atoms with E-state index in [1.54, 1.807) is 6.20 Å². The number of benzene rings is 1. The number of rotatable bonds is 5. The molecule has 1 unspecified atom stereocenters. The summed E-state index contributed by atoms with van der Waals surface area (Å²) in [6, 6.07) is 7.61. The van der Waals surface area contributed by atoms with E-state index in [4.69, 9.17) is 10.5 Å². The van der Waals surface area contributed by atoms with Crippen molar-refractivity contribution >= 4 is 22.8 Å². The molecule has 3 rings (SSSR count). The van der Waals surface area contributed by atoms with Crippen LogP contribution < -0.4 is 5.73 Å². The number of hydrogen-bond donors (Lipinski definition) is 1. The molecule has 1 aliphatic carbocycles. The SMILES string of the molecule is Cn1cc(C(C(N)=O)C(=O)OCC2CC2)c2ccccc21. The molecular formula is C16H18N2O3. The van der Waals surface area contributed by atoms with E-state index in [-0.39, 0.29) is 0 Å². The van der Waals surface area contributed by atoms with E-state index in [9.17, 15) is 9.59 Å². The Morgan fingerprint density at radius 1 is 1.38 bits per heavy atom. The Morgan fingerprint density at radius 2 is 2.10 bits per heavy atom. The summed E-state index contributed by atoms with van der Waals surface area (Å²) in [4.78, 5) is 24.0. The van der Waals surface area contributed by atoms with Gasteiger partial charge in [-0.25, -0.2) is 0 Å². The van der Waals surface area contributed by atoms with E-state index in [2.05, 4.69) is 0 Å². The van der Waals surface area contributed by atoms with Gasteiger partial charge in [0.15, 0.2) is 5.92 Å². The van der Waals surface area contributed by atoms with Crippen molar-refractivity contribution in [3.8, 4) is 0 Å². The van der Waals surface area contributed by atoms with Gasteiger partial charge in [0.25, 0.3) is 0 Å². The second-order valence-electron chi connectivity index (χ2n) is 5.62. The molecule has 1 amide bonds. The lowest BCUT2D eigenvalue weighted by Gasteiger charge is -2.12. The minimum atomic E-state index is -1.05. The molecule has 0 spiro atoms. The third-order valence-electron chi connectivity index (χ3n) is 3.92. The molecule has 1 saturated carbocycles. The van der Waals surface area contributed by atoms with Crippen LogP contribution in [-0.4, -0.2) is 23.1 Å². The van der Waals surface area contributed by atoms with Crippen molar-refractivity contribution in [2.75, 3.05) is 6.61 Å². The number of hydrogen-bond acceptors (Lipinski definition) is 3. The normalized spacial score (nSPS) is 15.9. The molecule has 0 bridgehead atoms. The van der Waals surface area contributed by atoms with Crippen LogP contribution in [0.25, 0.3) is 10.9 Å². The molecule has 0 aliphatic heterocycles. The number of para-hydroxylation sites is 1. The number of carbonyl (C=O) groups is 2. The highest BCUT2D eigenvalue weighted by molar-refractivity contribution is 6.06. The molecule has 5 nitrogen and oxygen atoms in total. The number of esters is 1. The van der Waals surface area contributed by atoms with Crippen LogP contribution >= 0.6 is 0 Å². The number of aryl methyl sites for hydroxylation is 1. The molecule has 2 aromatic rings. The lowest BCUT2D eigenvalue weighted by atomic mass is 9.98. The second-order valence-corrected chi connectivity index (χ2v) is 5.62. The van der Waals surface area contributed by atoms with Crippen LogP contribution in [0.4, 0.5) is 0 Å². The fourth-order valence-corrected chi connectivity index (χ4v) is 2.57. The van der Waals surface area contributed by atoms with Crippen molar-refractivity contribution in [1.29, 1.82) is 0 Å². The number of nitrogens with two attached hydrogens (primary N) is 1. The molecule has 0 radical (unpaired) electrons. The van der Waals surface area contributed by atoms with Crippen LogP contribution in [0.15, 0.2) is 30.5 Å². The van der Waals surface area contributed by atoms with Gasteiger partial charge in [0, 0.05) is 29.7 Å². The third kappa shape index (κ3) is 2.63. The Hall–Kier alpha value is -2.30. The van der Waals surface area contributed by atoms with E-state index in [0.717, 1.165) is 23.7 Å². The number of carbonyl (C=O) groups excluding carboxylic acids is 2. The molecule has 1 heterocycles. The Morgan fingerprint density at radius 3 is 2.76 bits per heavy atom. The zero-order valence-electron chi connectivity index (χ0n) is 11.9. The number of aromatic nitrogens is 1. The highest BCUT2D eigenvalue weighted by Crippen LogP contribution is 2.31. The fraction of sp³-hybridized carbons (Fsp3) is 0.375. The summed E-state index contributed by atoms with van der Waals surface area (Å²) in [5.41, 5.74) is 7.01. The van der Waals surface area contributed by atoms with Gasteiger partial charge in [-0.2, -0.15) is 0 Å². The summed E-state index contributed by atoms with van der Waals surface area (Å²) in [6.45, 7) is 0.382. The van der Waals surface area contributed by atoms with Crippen molar-refractivity contribution in [2.24, 2.45) is 18.7 Å². The lowest BCUT2D eigenvalue weighted by Crippen LogP contribution is -2.30. The first-order valence-electron chi connectivity index (χ1n) is 7.08. The van der Waals surface area contributed by atoms with Crippen LogP contribution in [0.1, 0.15) is 24.3 Å². The standard InChI is InChI=1S/C16H18N2O3/c1-18-8-12(11-4-2-3-5-13(11)18)14(15(17)19)16(20)21-9-10-6-7-10/h2-5,8,10,14H,6-7,9H2,1H3,(H2,17,19). The number of fused-ring (bicyclic) bond motifs is 1. The van der Waals surface area contributed by atoms with Crippen LogP contribution in [-0.2, 0) is 21.4 Å². The highest BCUT2D eigenvalue weighted by Gasteiger charge is 2.32. The number of ether oxygens (including phenoxy) is 1. The highest BCUT2D eigenvalue weighted by atomic mass is 16.5. The van der Waals surface area contributed by atoms with Crippen LogP contribution in [0.5, 0.6) is 0 Å². The molecule has 1 aliphatic rings. The molecule has 1 fully saturated rings. The third-order valence-corrected chi connectivity index (χ3v) is 3.92. The van der Waals surface area contributed by atoms with Crippen molar-refractivity contribution in [1.82, 2.24) is 4.57 Å². The number of amides is 1. The van der Waals surface area contributed by atoms with E-state index in [1.807, 2.05) is 35.9 Å². The first-order chi connectivity index (χ1) is 10.1. The Bertz CT molecular complexity index is 701. The second kappa shape index (κ2) is 5.24. The van der Waals surface area contributed by atoms with Gasteiger partial charge in [0.05, 0.1) is 6.61 Å². The zero-order chi connectivity index (χ0) is 15.0. The maximum Gasteiger partial charge on any atom is 0.323 e. The maximum absolute atomic E-state index is 12.2. The first-order valence-corrected chi connectivity index (χ1v) is 7.08. The molecular weight excluding hydrogens is 268 g/mol.